The molecule has 7 nitrogen and oxygen atoms in total. The van der Waals surface area contributed by atoms with Crippen LogP contribution in [0.3, 0.4) is 0 Å². The zero-order chi connectivity index (χ0) is 18.3. The Labute approximate surface area is 142 Å². The van der Waals surface area contributed by atoms with Crippen LogP contribution >= 0.6 is 0 Å². The molecule has 7 heteroatoms. The van der Waals surface area contributed by atoms with Gasteiger partial charge in [0.1, 0.15) is 6.04 Å². The van der Waals surface area contributed by atoms with Crippen LogP contribution in [0, 0.1) is 5.92 Å². The van der Waals surface area contributed by atoms with Crippen LogP contribution in [-0.4, -0.2) is 46.4 Å². The van der Waals surface area contributed by atoms with Crippen LogP contribution in [0.5, 0.6) is 17.2 Å². The van der Waals surface area contributed by atoms with Crippen molar-refractivity contribution >= 4 is 11.9 Å². The van der Waals surface area contributed by atoms with Crippen molar-refractivity contribution in [2.45, 2.75) is 26.3 Å². The van der Waals surface area contributed by atoms with Crippen LogP contribution in [0.4, 0.5) is 0 Å². The highest BCUT2D eigenvalue weighted by Gasteiger charge is 2.24. The van der Waals surface area contributed by atoms with Crippen molar-refractivity contribution in [2.24, 2.45) is 5.92 Å². The molecule has 0 aliphatic carbocycles. The molecular weight excluding hydrogens is 314 g/mol. The summed E-state index contributed by atoms with van der Waals surface area (Å²) in [6.45, 7) is 3.92. The molecule has 0 saturated heterocycles. The van der Waals surface area contributed by atoms with Gasteiger partial charge in [-0.05, 0) is 24.5 Å². The predicted molar refractivity (Wildman–Crippen MR) is 88.8 cm³/mol. The van der Waals surface area contributed by atoms with Gasteiger partial charge in [0.05, 0.1) is 28.4 Å². The van der Waals surface area contributed by atoms with Gasteiger partial charge in [-0.3, -0.25) is 4.79 Å². The second-order valence-electron chi connectivity index (χ2n) is 5.59. The lowest BCUT2D eigenvalue weighted by Crippen LogP contribution is -2.42. The molecule has 0 unspecified atom stereocenters. The second-order valence-corrected chi connectivity index (χ2v) is 5.59. The lowest BCUT2D eigenvalue weighted by Gasteiger charge is -2.19. The number of hydrogen-bond donors (Lipinski definition) is 1. The van der Waals surface area contributed by atoms with E-state index in [1.54, 1.807) is 0 Å². The first-order valence-electron chi connectivity index (χ1n) is 7.56. The first kappa shape index (κ1) is 19.6. The summed E-state index contributed by atoms with van der Waals surface area (Å²) in [5.74, 6) is 0.424. The van der Waals surface area contributed by atoms with Gasteiger partial charge in [0, 0.05) is 5.56 Å². The van der Waals surface area contributed by atoms with E-state index in [0.717, 1.165) is 0 Å². The van der Waals surface area contributed by atoms with E-state index in [0.29, 0.717) is 29.2 Å². The van der Waals surface area contributed by atoms with Crippen LogP contribution in [-0.2, 0) is 9.53 Å². The zero-order valence-corrected chi connectivity index (χ0v) is 15.0. The maximum absolute atomic E-state index is 12.5. The molecule has 0 aromatic heterocycles. The molecule has 0 saturated carbocycles. The van der Waals surface area contributed by atoms with Crippen LogP contribution in [0.25, 0.3) is 0 Å². The summed E-state index contributed by atoms with van der Waals surface area (Å²) >= 11 is 0. The third-order valence-electron chi connectivity index (χ3n) is 3.43. The summed E-state index contributed by atoms with van der Waals surface area (Å²) in [6.07, 6.45) is 0.475. The van der Waals surface area contributed by atoms with Gasteiger partial charge in [0.25, 0.3) is 5.91 Å². The van der Waals surface area contributed by atoms with Gasteiger partial charge < -0.3 is 24.3 Å². The molecule has 0 heterocycles. The Morgan fingerprint density at radius 1 is 1.00 bits per heavy atom. The number of hydrogen-bond acceptors (Lipinski definition) is 6. The average Bonchev–Trinajstić information content (AvgIpc) is 2.58. The predicted octanol–water partition coefficient (Wildman–Crippen LogP) is 2.03. The fraction of sp³-hybridized carbons (Fsp3) is 0.529. The molecule has 1 amide bonds. The van der Waals surface area contributed by atoms with Crippen LogP contribution in [0.1, 0.15) is 30.6 Å². The van der Waals surface area contributed by atoms with Gasteiger partial charge in [-0.15, -0.1) is 0 Å². The maximum Gasteiger partial charge on any atom is 0.328 e. The number of amides is 1. The van der Waals surface area contributed by atoms with Gasteiger partial charge in [-0.2, -0.15) is 0 Å². The normalized spacial score (nSPS) is 11.6. The Morgan fingerprint density at radius 2 is 1.54 bits per heavy atom. The molecule has 0 spiro atoms. The van der Waals surface area contributed by atoms with E-state index >= 15 is 0 Å². The lowest BCUT2D eigenvalue weighted by molar-refractivity contribution is -0.143. The number of methoxy groups -OCH3 is 4. The molecule has 0 aliphatic heterocycles. The first-order chi connectivity index (χ1) is 11.4. The monoisotopic (exact) mass is 339 g/mol. The lowest BCUT2D eigenvalue weighted by atomic mass is 10.0. The van der Waals surface area contributed by atoms with Gasteiger partial charge >= 0.3 is 5.97 Å². The third kappa shape index (κ3) is 4.78. The molecule has 1 aromatic rings. The molecule has 0 aliphatic rings. The maximum atomic E-state index is 12.5. The summed E-state index contributed by atoms with van der Waals surface area (Å²) in [5, 5.41) is 2.69. The van der Waals surface area contributed by atoms with E-state index in [4.69, 9.17) is 18.9 Å². The molecule has 1 atom stereocenters. The minimum absolute atomic E-state index is 0.217. The van der Waals surface area contributed by atoms with Crippen molar-refractivity contribution in [2.75, 3.05) is 28.4 Å². The van der Waals surface area contributed by atoms with Gasteiger partial charge in [-0.25, -0.2) is 4.79 Å². The summed E-state index contributed by atoms with van der Waals surface area (Å²) in [6, 6.07) is 2.34. The number of ether oxygens (including phenoxy) is 4. The number of esters is 1. The Morgan fingerprint density at radius 3 is 1.92 bits per heavy atom. The molecule has 1 N–H and O–H groups in total. The van der Waals surface area contributed by atoms with Crippen molar-refractivity contribution < 1.29 is 28.5 Å². The van der Waals surface area contributed by atoms with E-state index in [1.165, 1.54) is 40.6 Å². The Kier molecular flexibility index (Phi) is 7.35. The fourth-order valence-corrected chi connectivity index (χ4v) is 2.28. The third-order valence-corrected chi connectivity index (χ3v) is 3.43. The van der Waals surface area contributed by atoms with Gasteiger partial charge in [-0.1, -0.05) is 13.8 Å². The number of rotatable bonds is 8. The summed E-state index contributed by atoms with van der Waals surface area (Å²) in [5.41, 5.74) is 0.294. The number of carbonyl (C=O) groups excluding carboxylic acids is 2. The number of carbonyl (C=O) groups is 2. The SMILES string of the molecule is COC(=O)[C@H](CC(C)C)NC(=O)c1cc(OC)c(OC)c(OC)c1. The molecular formula is C17H25NO6. The Balaban J connectivity index is 3.11. The quantitative estimate of drug-likeness (QED) is 0.730. The van der Waals surface area contributed by atoms with E-state index in [1.807, 2.05) is 13.8 Å². The summed E-state index contributed by atoms with van der Waals surface area (Å²) < 4.78 is 20.4. The van der Waals surface area contributed by atoms with Gasteiger partial charge in [0.15, 0.2) is 11.5 Å². The minimum Gasteiger partial charge on any atom is -0.493 e. The van der Waals surface area contributed by atoms with Crippen molar-refractivity contribution in [3.05, 3.63) is 17.7 Å². The summed E-state index contributed by atoms with van der Waals surface area (Å²) in [4.78, 5) is 24.4. The number of benzene rings is 1. The molecule has 24 heavy (non-hydrogen) atoms. The van der Waals surface area contributed by atoms with E-state index < -0.39 is 17.9 Å². The van der Waals surface area contributed by atoms with Crippen LogP contribution < -0.4 is 19.5 Å². The van der Waals surface area contributed by atoms with Crippen molar-refractivity contribution in [3.63, 3.8) is 0 Å². The topological polar surface area (TPSA) is 83.1 Å². The molecule has 0 fully saturated rings. The molecule has 134 valence electrons. The zero-order valence-electron chi connectivity index (χ0n) is 15.0. The number of nitrogens with one attached hydrogen (secondary N) is 1. The van der Waals surface area contributed by atoms with E-state index in [-0.39, 0.29) is 5.92 Å². The minimum atomic E-state index is -0.721. The van der Waals surface area contributed by atoms with E-state index in [9.17, 15) is 9.59 Å². The van der Waals surface area contributed by atoms with Crippen LogP contribution in [0.2, 0.25) is 0 Å². The van der Waals surface area contributed by atoms with Crippen molar-refractivity contribution in [3.8, 4) is 17.2 Å². The highest BCUT2D eigenvalue weighted by molar-refractivity contribution is 5.98. The largest absolute Gasteiger partial charge is 0.493 e. The highest BCUT2D eigenvalue weighted by atomic mass is 16.5. The van der Waals surface area contributed by atoms with Gasteiger partial charge in [0.2, 0.25) is 5.75 Å². The molecule has 0 radical (unpaired) electrons. The van der Waals surface area contributed by atoms with E-state index in [2.05, 4.69) is 5.32 Å². The smallest absolute Gasteiger partial charge is 0.328 e. The average molecular weight is 339 g/mol. The second kappa shape index (κ2) is 9.00. The Bertz CT molecular complexity index is 559. The first-order valence-corrected chi connectivity index (χ1v) is 7.56. The van der Waals surface area contributed by atoms with Crippen molar-refractivity contribution in [1.82, 2.24) is 5.32 Å². The van der Waals surface area contributed by atoms with Crippen molar-refractivity contribution in [1.29, 1.82) is 0 Å². The molecule has 0 bridgehead atoms. The van der Waals surface area contributed by atoms with Crippen LogP contribution in [0.15, 0.2) is 12.1 Å². The fourth-order valence-electron chi connectivity index (χ4n) is 2.28. The standard InChI is InChI=1S/C17H25NO6/c1-10(2)7-12(17(20)24-6)18-16(19)11-8-13(21-3)15(23-5)14(9-11)22-4/h8-10,12H,7H2,1-6H3,(H,18,19)/t12-/m0/s1. The molecule has 1 rings (SSSR count). The molecule has 1 aromatic carbocycles. The Hall–Kier alpha value is -2.44. The highest BCUT2D eigenvalue weighted by Crippen LogP contribution is 2.38. The summed E-state index contributed by atoms with van der Waals surface area (Å²) in [7, 11) is 5.71.